The van der Waals surface area contributed by atoms with Crippen LogP contribution < -0.4 is 5.73 Å². The maximum absolute atomic E-state index is 10.1. The summed E-state index contributed by atoms with van der Waals surface area (Å²) in [7, 11) is 0. The van der Waals surface area contributed by atoms with Crippen molar-refractivity contribution in [3.63, 3.8) is 0 Å². The van der Waals surface area contributed by atoms with Crippen LogP contribution >= 0.6 is 57.6 Å². The van der Waals surface area contributed by atoms with Gasteiger partial charge in [-0.2, -0.15) is 0 Å². The van der Waals surface area contributed by atoms with Gasteiger partial charge in [0.05, 0.1) is 15.7 Å². The van der Waals surface area contributed by atoms with Crippen molar-refractivity contribution in [3.8, 4) is 5.75 Å². The van der Waals surface area contributed by atoms with Crippen molar-refractivity contribution in [1.82, 2.24) is 0 Å². The van der Waals surface area contributed by atoms with Crippen molar-refractivity contribution in [1.29, 1.82) is 0 Å². The van der Waals surface area contributed by atoms with Crippen LogP contribution in [0.25, 0.3) is 0 Å². The van der Waals surface area contributed by atoms with Crippen LogP contribution in [0.4, 0.5) is 0 Å². The quantitative estimate of drug-likeness (QED) is 0.527. The lowest BCUT2D eigenvalue weighted by atomic mass is 9.95. The standard InChI is InChI=1S/C13H19I2NO2.ClH/c1-7(2)3-4-11(17)12(16)9-5-8(14)6-10(15)13(9)18;/h5-7,11-12,17-18H,3-4,16H2,1-2H3;1H/t11-,12+;/m1./s1. The number of hydrogen-bond acceptors (Lipinski definition) is 3. The van der Waals surface area contributed by atoms with E-state index in [2.05, 4.69) is 59.0 Å². The summed E-state index contributed by atoms with van der Waals surface area (Å²) < 4.78 is 1.78. The van der Waals surface area contributed by atoms with Crippen molar-refractivity contribution in [3.05, 3.63) is 24.8 Å². The van der Waals surface area contributed by atoms with Gasteiger partial charge in [0.25, 0.3) is 0 Å². The molecule has 2 atom stereocenters. The number of hydrogen-bond donors (Lipinski definition) is 3. The summed E-state index contributed by atoms with van der Waals surface area (Å²) in [6.45, 7) is 4.23. The molecule has 0 heterocycles. The van der Waals surface area contributed by atoms with E-state index in [0.29, 0.717) is 17.9 Å². The molecule has 1 aromatic rings. The van der Waals surface area contributed by atoms with Crippen molar-refractivity contribution in [2.24, 2.45) is 11.7 Å². The first-order chi connectivity index (χ1) is 8.32. The predicted octanol–water partition coefficient (Wildman–Crippen LogP) is 3.82. The van der Waals surface area contributed by atoms with E-state index in [4.69, 9.17) is 5.73 Å². The molecule has 3 nitrogen and oxygen atoms in total. The lowest BCUT2D eigenvalue weighted by Gasteiger charge is -2.21. The molecular weight excluding hydrogens is 491 g/mol. The van der Waals surface area contributed by atoms with Crippen LogP contribution in [0.2, 0.25) is 0 Å². The van der Waals surface area contributed by atoms with Gasteiger partial charge in [-0.15, -0.1) is 12.4 Å². The smallest absolute Gasteiger partial charge is 0.133 e. The number of phenols is 1. The fourth-order valence-corrected chi connectivity index (χ4v) is 3.62. The highest BCUT2D eigenvalue weighted by molar-refractivity contribution is 14.1. The Kier molecular flexibility index (Phi) is 9.18. The Morgan fingerprint density at radius 3 is 2.32 bits per heavy atom. The molecule has 0 saturated carbocycles. The number of halogens is 3. The zero-order chi connectivity index (χ0) is 13.9. The van der Waals surface area contributed by atoms with Crippen molar-refractivity contribution < 1.29 is 10.2 Å². The van der Waals surface area contributed by atoms with Gasteiger partial charge in [-0.3, -0.25) is 0 Å². The monoisotopic (exact) mass is 511 g/mol. The molecule has 110 valence electrons. The van der Waals surface area contributed by atoms with E-state index >= 15 is 0 Å². The molecule has 0 saturated heterocycles. The first kappa shape index (κ1) is 19.7. The number of rotatable bonds is 5. The highest BCUT2D eigenvalue weighted by Crippen LogP contribution is 2.32. The van der Waals surface area contributed by atoms with Gasteiger partial charge in [0.1, 0.15) is 5.75 Å². The van der Waals surface area contributed by atoms with Crippen LogP contribution in [0.1, 0.15) is 38.3 Å². The first-order valence-corrected chi connectivity index (χ1v) is 8.10. The topological polar surface area (TPSA) is 66.5 Å². The number of benzene rings is 1. The first-order valence-electron chi connectivity index (χ1n) is 5.94. The molecule has 6 heteroatoms. The summed E-state index contributed by atoms with van der Waals surface area (Å²) in [5, 5.41) is 20.1. The highest BCUT2D eigenvalue weighted by atomic mass is 127. The largest absolute Gasteiger partial charge is 0.506 e. The molecule has 0 spiro atoms. The number of phenolic OH excluding ortho intramolecular Hbond substituents is 1. The molecule has 0 fully saturated rings. The summed E-state index contributed by atoms with van der Waals surface area (Å²) in [6.07, 6.45) is 0.962. The summed E-state index contributed by atoms with van der Waals surface area (Å²) in [4.78, 5) is 0. The van der Waals surface area contributed by atoms with Crippen molar-refractivity contribution >= 4 is 57.6 Å². The minimum atomic E-state index is -0.618. The number of nitrogens with two attached hydrogens (primary N) is 1. The lowest BCUT2D eigenvalue weighted by molar-refractivity contribution is 0.127. The molecule has 0 aliphatic heterocycles. The van der Waals surface area contributed by atoms with E-state index in [-0.39, 0.29) is 18.2 Å². The summed E-state index contributed by atoms with van der Waals surface area (Å²) >= 11 is 4.26. The third-order valence-electron chi connectivity index (χ3n) is 2.87. The van der Waals surface area contributed by atoms with Gasteiger partial charge in [0, 0.05) is 9.13 Å². The fourth-order valence-electron chi connectivity index (χ4n) is 1.73. The molecular formula is C13H20ClI2NO2. The molecule has 0 aliphatic rings. The zero-order valence-corrected chi connectivity index (χ0v) is 16.1. The normalized spacial score (nSPS) is 14.1. The van der Waals surface area contributed by atoms with Gasteiger partial charge >= 0.3 is 0 Å². The van der Waals surface area contributed by atoms with Crippen LogP contribution in [-0.4, -0.2) is 16.3 Å². The number of aromatic hydroxyl groups is 1. The van der Waals surface area contributed by atoms with Crippen LogP contribution in [-0.2, 0) is 0 Å². The maximum atomic E-state index is 10.1. The number of aliphatic hydroxyl groups is 1. The Morgan fingerprint density at radius 1 is 1.21 bits per heavy atom. The van der Waals surface area contributed by atoms with E-state index in [1.807, 2.05) is 12.1 Å². The highest BCUT2D eigenvalue weighted by Gasteiger charge is 2.21. The zero-order valence-electron chi connectivity index (χ0n) is 10.9. The second-order valence-electron chi connectivity index (χ2n) is 4.89. The van der Waals surface area contributed by atoms with Gasteiger partial charge in [0.15, 0.2) is 0 Å². The van der Waals surface area contributed by atoms with E-state index in [1.54, 1.807) is 0 Å². The van der Waals surface area contributed by atoms with E-state index in [1.165, 1.54) is 0 Å². The summed E-state index contributed by atoms with van der Waals surface area (Å²) in [6, 6.07) is 3.18. The Labute approximate surface area is 148 Å². The maximum Gasteiger partial charge on any atom is 0.133 e. The second kappa shape index (κ2) is 8.86. The molecule has 4 N–H and O–H groups in total. The Bertz CT molecular complexity index is 416. The SMILES string of the molecule is CC(C)CC[C@@H](O)[C@@H](N)c1cc(I)cc(I)c1O.Cl. The molecule has 0 aromatic heterocycles. The summed E-state index contributed by atoms with van der Waals surface area (Å²) in [5.74, 6) is 0.726. The Hall–Kier alpha value is 0.690. The Balaban J connectivity index is 0.00000324. The van der Waals surface area contributed by atoms with Gasteiger partial charge in [-0.05, 0) is 76.1 Å². The van der Waals surface area contributed by atoms with E-state index in [0.717, 1.165) is 13.6 Å². The molecule has 0 amide bonds. The molecule has 19 heavy (non-hydrogen) atoms. The lowest BCUT2D eigenvalue weighted by Crippen LogP contribution is -2.26. The van der Waals surface area contributed by atoms with E-state index in [9.17, 15) is 10.2 Å². The van der Waals surface area contributed by atoms with Crippen LogP contribution in [0.15, 0.2) is 12.1 Å². The van der Waals surface area contributed by atoms with Crippen LogP contribution in [0.3, 0.4) is 0 Å². The minimum Gasteiger partial charge on any atom is -0.506 e. The van der Waals surface area contributed by atoms with Gasteiger partial charge in [-0.25, -0.2) is 0 Å². The van der Waals surface area contributed by atoms with Crippen molar-refractivity contribution in [2.75, 3.05) is 0 Å². The van der Waals surface area contributed by atoms with Crippen LogP contribution in [0.5, 0.6) is 5.75 Å². The fraction of sp³-hybridized carbons (Fsp3) is 0.538. The third-order valence-corrected chi connectivity index (χ3v) is 4.32. The van der Waals surface area contributed by atoms with E-state index < -0.39 is 12.1 Å². The molecule has 1 aromatic carbocycles. The minimum absolute atomic E-state index is 0. The average molecular weight is 512 g/mol. The second-order valence-corrected chi connectivity index (χ2v) is 7.30. The predicted molar refractivity (Wildman–Crippen MR) is 97.8 cm³/mol. The van der Waals surface area contributed by atoms with Crippen LogP contribution in [0, 0.1) is 13.1 Å². The average Bonchev–Trinajstić information content (AvgIpc) is 2.29. The Morgan fingerprint density at radius 2 is 1.79 bits per heavy atom. The molecule has 0 aliphatic carbocycles. The van der Waals surface area contributed by atoms with Gasteiger partial charge in [-0.1, -0.05) is 13.8 Å². The number of aliphatic hydroxyl groups excluding tert-OH is 1. The molecule has 0 radical (unpaired) electrons. The molecule has 0 unspecified atom stereocenters. The van der Waals surface area contributed by atoms with Gasteiger partial charge in [0.2, 0.25) is 0 Å². The van der Waals surface area contributed by atoms with Gasteiger partial charge < -0.3 is 15.9 Å². The third kappa shape index (κ3) is 5.91. The molecule has 1 rings (SSSR count). The molecule has 0 bridgehead atoms. The summed E-state index contributed by atoms with van der Waals surface area (Å²) in [5.41, 5.74) is 6.67. The van der Waals surface area contributed by atoms with Crippen molar-refractivity contribution in [2.45, 2.75) is 38.8 Å².